The summed E-state index contributed by atoms with van der Waals surface area (Å²) in [4.78, 5) is 15.8. The summed E-state index contributed by atoms with van der Waals surface area (Å²) in [7, 11) is 0. The number of unbranched alkanes of at least 4 members (excludes halogenated alkanes) is 8. The summed E-state index contributed by atoms with van der Waals surface area (Å²) in [6.45, 7) is 8.49. The van der Waals surface area contributed by atoms with Gasteiger partial charge in [0, 0.05) is 19.5 Å². The normalized spacial score (nSPS) is 29.9. The first-order chi connectivity index (χ1) is 18.4. The van der Waals surface area contributed by atoms with Crippen molar-refractivity contribution in [1.29, 1.82) is 0 Å². The number of aromatic hydroxyl groups is 1. The van der Waals surface area contributed by atoms with Crippen molar-refractivity contribution < 1.29 is 15.0 Å². The molecule has 1 aromatic carbocycles. The predicted molar refractivity (Wildman–Crippen MR) is 156 cm³/mol. The molecule has 0 spiro atoms. The Bertz CT molecular complexity index is 900. The summed E-state index contributed by atoms with van der Waals surface area (Å²) in [5.41, 5.74) is 2.70. The predicted octanol–water partition coefficient (Wildman–Crippen LogP) is 7.99. The van der Waals surface area contributed by atoms with E-state index in [1.807, 2.05) is 12.1 Å². The van der Waals surface area contributed by atoms with Crippen molar-refractivity contribution in [3.8, 4) is 5.75 Å². The maximum atomic E-state index is 13.5. The van der Waals surface area contributed by atoms with Gasteiger partial charge in [0.2, 0.25) is 5.91 Å². The average Bonchev–Trinajstić information content (AvgIpc) is 3.21. The van der Waals surface area contributed by atoms with Gasteiger partial charge in [0.15, 0.2) is 0 Å². The zero-order valence-corrected chi connectivity index (χ0v) is 24.6. The highest BCUT2D eigenvalue weighted by Crippen LogP contribution is 2.62. The van der Waals surface area contributed by atoms with Crippen molar-refractivity contribution in [3.05, 3.63) is 29.3 Å². The first kappa shape index (κ1) is 29.4. The van der Waals surface area contributed by atoms with Crippen LogP contribution in [0.2, 0.25) is 0 Å². The van der Waals surface area contributed by atoms with Gasteiger partial charge in [-0.2, -0.15) is 0 Å². The highest BCUT2D eigenvalue weighted by Gasteiger charge is 2.56. The SMILES string of the molecule is CCCCCCCCCCC(=O)N(CCCC)C[C@@H]1Cc2cc(O)ccc2C2CC[C@@]3(C)C(CC[C@@H]3O)C21. The molecule has 0 saturated heterocycles. The molecule has 214 valence electrons. The van der Waals surface area contributed by atoms with Gasteiger partial charge in [-0.3, -0.25) is 4.79 Å². The minimum atomic E-state index is -0.199. The maximum absolute atomic E-state index is 13.5. The number of phenolic OH excluding ortho intramolecular Hbond substituents is 1. The molecule has 0 radical (unpaired) electrons. The van der Waals surface area contributed by atoms with Gasteiger partial charge in [-0.15, -0.1) is 0 Å². The summed E-state index contributed by atoms with van der Waals surface area (Å²) < 4.78 is 0. The molecule has 4 heteroatoms. The summed E-state index contributed by atoms with van der Waals surface area (Å²) in [5.74, 6) is 2.58. The second-order valence-electron chi connectivity index (χ2n) is 13.2. The van der Waals surface area contributed by atoms with Crippen LogP contribution in [0.3, 0.4) is 0 Å². The van der Waals surface area contributed by atoms with Crippen LogP contribution in [0.25, 0.3) is 0 Å². The lowest BCUT2D eigenvalue weighted by molar-refractivity contribution is -0.133. The minimum absolute atomic E-state index is 0.00320. The fourth-order valence-electron chi connectivity index (χ4n) is 8.44. The second kappa shape index (κ2) is 13.7. The summed E-state index contributed by atoms with van der Waals surface area (Å²) in [5, 5.41) is 21.3. The van der Waals surface area contributed by atoms with E-state index in [1.54, 1.807) is 0 Å². The molecule has 0 aliphatic heterocycles. The molecule has 3 unspecified atom stereocenters. The zero-order valence-electron chi connectivity index (χ0n) is 24.6. The molecule has 2 saturated carbocycles. The Balaban J connectivity index is 1.45. The van der Waals surface area contributed by atoms with Gasteiger partial charge in [-0.05, 0) is 97.3 Å². The molecule has 1 amide bonds. The molecule has 6 atom stereocenters. The Kier molecular flexibility index (Phi) is 10.6. The smallest absolute Gasteiger partial charge is 0.222 e. The molecule has 2 fully saturated rings. The molecule has 1 aromatic rings. The number of phenols is 1. The Morgan fingerprint density at radius 1 is 0.974 bits per heavy atom. The first-order valence-corrected chi connectivity index (χ1v) is 16.2. The van der Waals surface area contributed by atoms with E-state index in [0.717, 1.165) is 64.5 Å². The first-order valence-electron chi connectivity index (χ1n) is 16.2. The minimum Gasteiger partial charge on any atom is -0.508 e. The van der Waals surface area contributed by atoms with Crippen LogP contribution in [0.5, 0.6) is 5.75 Å². The van der Waals surface area contributed by atoms with Crippen molar-refractivity contribution in [2.24, 2.45) is 23.2 Å². The lowest BCUT2D eigenvalue weighted by atomic mass is 9.52. The largest absolute Gasteiger partial charge is 0.508 e. The zero-order chi connectivity index (χ0) is 27.1. The fraction of sp³-hybridized carbons (Fsp3) is 0.794. The average molecular weight is 526 g/mol. The van der Waals surface area contributed by atoms with E-state index in [-0.39, 0.29) is 11.5 Å². The molecule has 3 aliphatic carbocycles. The number of hydrogen-bond acceptors (Lipinski definition) is 3. The third-order valence-corrected chi connectivity index (χ3v) is 10.7. The summed E-state index contributed by atoms with van der Waals surface area (Å²) >= 11 is 0. The van der Waals surface area contributed by atoms with Crippen LogP contribution in [0.1, 0.15) is 134 Å². The van der Waals surface area contributed by atoms with E-state index in [2.05, 4.69) is 31.7 Å². The van der Waals surface area contributed by atoms with Crippen LogP contribution < -0.4 is 0 Å². The lowest BCUT2D eigenvalue weighted by Gasteiger charge is -2.53. The van der Waals surface area contributed by atoms with Crippen molar-refractivity contribution in [2.45, 2.75) is 136 Å². The van der Waals surface area contributed by atoms with Crippen LogP contribution in [-0.2, 0) is 11.2 Å². The van der Waals surface area contributed by atoms with E-state index < -0.39 is 0 Å². The highest BCUT2D eigenvalue weighted by molar-refractivity contribution is 5.76. The lowest BCUT2D eigenvalue weighted by Crippen LogP contribution is -2.50. The van der Waals surface area contributed by atoms with Crippen LogP contribution >= 0.6 is 0 Å². The number of hydrogen-bond donors (Lipinski definition) is 2. The third-order valence-electron chi connectivity index (χ3n) is 10.7. The van der Waals surface area contributed by atoms with Crippen LogP contribution in [-0.4, -0.2) is 40.2 Å². The molecule has 4 rings (SSSR count). The summed E-state index contributed by atoms with van der Waals surface area (Å²) in [6, 6.07) is 6.00. The molecular weight excluding hydrogens is 470 g/mol. The van der Waals surface area contributed by atoms with E-state index in [9.17, 15) is 15.0 Å². The quantitative estimate of drug-likeness (QED) is 0.242. The Hall–Kier alpha value is -1.55. The van der Waals surface area contributed by atoms with Gasteiger partial charge in [0.05, 0.1) is 6.10 Å². The maximum Gasteiger partial charge on any atom is 0.222 e. The van der Waals surface area contributed by atoms with Crippen LogP contribution in [0.4, 0.5) is 0 Å². The standard InChI is InChI=1S/C34H55NO3/c1-4-6-8-9-10-11-12-13-14-32(38)35(21-7-5-2)24-26-22-25-23-27(36)15-16-28(25)29-19-20-34(3)30(33(26)29)17-18-31(34)37/h15-16,23,26,29-31,33,36-37H,4-14,17-22,24H2,1-3H3/t26-,29?,30?,31-,33?,34-/m0/s1. The van der Waals surface area contributed by atoms with Crippen molar-refractivity contribution in [1.82, 2.24) is 4.90 Å². The number of aliphatic hydroxyl groups is 1. The molecule has 0 bridgehead atoms. The van der Waals surface area contributed by atoms with Crippen LogP contribution in [0, 0.1) is 23.2 Å². The van der Waals surface area contributed by atoms with Gasteiger partial charge in [-0.1, -0.05) is 78.2 Å². The number of nitrogens with zero attached hydrogens (tertiary/aromatic N) is 1. The highest BCUT2D eigenvalue weighted by atomic mass is 16.3. The molecule has 3 aliphatic rings. The molecular formula is C34H55NO3. The number of carbonyl (C=O) groups excluding carboxylic acids is 1. The Labute approximate surface area is 232 Å². The number of rotatable bonds is 14. The molecule has 38 heavy (non-hydrogen) atoms. The van der Waals surface area contributed by atoms with Gasteiger partial charge >= 0.3 is 0 Å². The number of benzene rings is 1. The topological polar surface area (TPSA) is 60.8 Å². The van der Waals surface area contributed by atoms with Crippen molar-refractivity contribution in [3.63, 3.8) is 0 Å². The van der Waals surface area contributed by atoms with Gasteiger partial charge in [0.1, 0.15) is 5.75 Å². The fourth-order valence-corrected chi connectivity index (χ4v) is 8.44. The van der Waals surface area contributed by atoms with E-state index >= 15 is 0 Å². The number of carbonyl (C=O) groups is 1. The van der Waals surface area contributed by atoms with Gasteiger partial charge < -0.3 is 15.1 Å². The second-order valence-corrected chi connectivity index (χ2v) is 13.2. The Morgan fingerprint density at radius 2 is 1.68 bits per heavy atom. The van der Waals surface area contributed by atoms with E-state index in [1.165, 1.54) is 56.1 Å². The van der Waals surface area contributed by atoms with Crippen LogP contribution in [0.15, 0.2) is 18.2 Å². The molecule has 0 aromatic heterocycles. The molecule has 0 heterocycles. The molecule has 4 nitrogen and oxygen atoms in total. The third kappa shape index (κ3) is 6.60. The molecule has 2 N–H and O–H groups in total. The number of aliphatic hydroxyl groups excluding tert-OH is 1. The van der Waals surface area contributed by atoms with Crippen molar-refractivity contribution in [2.75, 3.05) is 13.1 Å². The van der Waals surface area contributed by atoms with E-state index in [0.29, 0.717) is 41.7 Å². The van der Waals surface area contributed by atoms with Gasteiger partial charge in [0.25, 0.3) is 0 Å². The number of amides is 1. The summed E-state index contributed by atoms with van der Waals surface area (Å²) in [6.07, 6.45) is 17.8. The number of fused-ring (bicyclic) bond motifs is 5. The Morgan fingerprint density at radius 3 is 2.42 bits per heavy atom. The van der Waals surface area contributed by atoms with Gasteiger partial charge in [-0.25, -0.2) is 0 Å². The monoisotopic (exact) mass is 525 g/mol. The van der Waals surface area contributed by atoms with E-state index in [4.69, 9.17) is 0 Å². The van der Waals surface area contributed by atoms with Crippen molar-refractivity contribution >= 4 is 5.91 Å².